The Hall–Kier alpha value is -1.61. The molecule has 1 aliphatic rings. The van der Waals surface area contributed by atoms with Crippen molar-refractivity contribution in [3.8, 4) is 5.75 Å². The summed E-state index contributed by atoms with van der Waals surface area (Å²) >= 11 is 3.69. The third-order valence-electron chi connectivity index (χ3n) is 4.74. The average molecular weight is 386 g/mol. The molecule has 2 aromatic rings. The van der Waals surface area contributed by atoms with Crippen LogP contribution < -0.4 is 4.74 Å². The molecule has 1 unspecified atom stereocenters. The van der Waals surface area contributed by atoms with Crippen molar-refractivity contribution < 1.29 is 4.74 Å². The molecule has 1 saturated carbocycles. The number of benzene rings is 2. The standard InChI is InChI=1S/C21H24BrNO/c1-24-19-12-11-17(20(22)14-19)13-18-9-5-6-10-21(18)23-15-16-7-3-2-4-8-16/h2-4,7-8,11-12,14,18H,5-6,9-10,13,15H2,1H3. The Kier molecular flexibility index (Phi) is 6.08. The van der Waals surface area contributed by atoms with Crippen molar-refractivity contribution in [3.05, 3.63) is 64.1 Å². The summed E-state index contributed by atoms with van der Waals surface area (Å²) in [6.45, 7) is 0.802. The topological polar surface area (TPSA) is 21.6 Å². The van der Waals surface area contributed by atoms with Crippen LogP contribution in [0.1, 0.15) is 36.8 Å². The third-order valence-corrected chi connectivity index (χ3v) is 5.48. The summed E-state index contributed by atoms with van der Waals surface area (Å²) in [5, 5.41) is 0. The first-order valence-electron chi connectivity index (χ1n) is 8.66. The quantitative estimate of drug-likeness (QED) is 0.633. The van der Waals surface area contributed by atoms with Crippen molar-refractivity contribution in [2.75, 3.05) is 7.11 Å². The lowest BCUT2D eigenvalue weighted by atomic mass is 9.83. The fraction of sp³-hybridized carbons (Fsp3) is 0.381. The van der Waals surface area contributed by atoms with Gasteiger partial charge in [-0.2, -0.15) is 0 Å². The zero-order valence-electron chi connectivity index (χ0n) is 14.2. The van der Waals surface area contributed by atoms with Gasteiger partial charge in [0.25, 0.3) is 0 Å². The van der Waals surface area contributed by atoms with Crippen LogP contribution in [0.5, 0.6) is 5.75 Å². The second-order valence-electron chi connectivity index (χ2n) is 6.40. The molecule has 0 aromatic heterocycles. The van der Waals surface area contributed by atoms with Crippen molar-refractivity contribution >= 4 is 21.6 Å². The van der Waals surface area contributed by atoms with Gasteiger partial charge in [-0.1, -0.05) is 58.7 Å². The van der Waals surface area contributed by atoms with E-state index in [2.05, 4.69) is 58.4 Å². The minimum Gasteiger partial charge on any atom is -0.497 e. The number of methoxy groups -OCH3 is 1. The van der Waals surface area contributed by atoms with Crippen LogP contribution in [0.3, 0.4) is 0 Å². The van der Waals surface area contributed by atoms with Crippen LogP contribution in [-0.4, -0.2) is 12.8 Å². The molecule has 0 amide bonds. The summed E-state index contributed by atoms with van der Waals surface area (Å²) < 4.78 is 6.43. The molecule has 2 nitrogen and oxygen atoms in total. The van der Waals surface area contributed by atoms with E-state index < -0.39 is 0 Å². The third kappa shape index (κ3) is 4.47. The van der Waals surface area contributed by atoms with Crippen molar-refractivity contribution in [1.29, 1.82) is 0 Å². The van der Waals surface area contributed by atoms with Gasteiger partial charge in [-0.25, -0.2) is 0 Å². The van der Waals surface area contributed by atoms with E-state index in [1.165, 1.54) is 36.1 Å². The molecule has 0 saturated heterocycles. The summed E-state index contributed by atoms with van der Waals surface area (Å²) in [4.78, 5) is 4.97. The van der Waals surface area contributed by atoms with Crippen molar-refractivity contribution in [1.82, 2.24) is 0 Å². The molecule has 0 spiro atoms. The predicted octanol–water partition coefficient (Wildman–Crippen LogP) is 5.83. The molecule has 0 N–H and O–H groups in total. The zero-order valence-corrected chi connectivity index (χ0v) is 15.8. The first-order valence-corrected chi connectivity index (χ1v) is 9.45. The number of aliphatic imine (C=N–C) groups is 1. The second-order valence-corrected chi connectivity index (χ2v) is 7.25. The lowest BCUT2D eigenvalue weighted by Gasteiger charge is -2.25. The van der Waals surface area contributed by atoms with E-state index in [1.54, 1.807) is 7.11 Å². The highest BCUT2D eigenvalue weighted by molar-refractivity contribution is 9.10. The fourth-order valence-electron chi connectivity index (χ4n) is 3.36. The van der Waals surface area contributed by atoms with E-state index >= 15 is 0 Å². The molecule has 0 bridgehead atoms. The van der Waals surface area contributed by atoms with Gasteiger partial charge >= 0.3 is 0 Å². The summed E-state index contributed by atoms with van der Waals surface area (Å²) in [7, 11) is 1.71. The normalized spacial score (nSPS) is 19.4. The van der Waals surface area contributed by atoms with E-state index in [0.29, 0.717) is 5.92 Å². The molecule has 3 rings (SSSR count). The predicted molar refractivity (Wildman–Crippen MR) is 104 cm³/mol. The average Bonchev–Trinajstić information content (AvgIpc) is 2.63. The molecule has 2 aromatic carbocycles. The van der Waals surface area contributed by atoms with Crippen molar-refractivity contribution in [2.24, 2.45) is 10.9 Å². The van der Waals surface area contributed by atoms with Gasteiger partial charge < -0.3 is 4.74 Å². The minimum absolute atomic E-state index is 0.562. The van der Waals surface area contributed by atoms with Crippen molar-refractivity contribution in [3.63, 3.8) is 0 Å². The van der Waals surface area contributed by atoms with Gasteiger partial charge in [-0.3, -0.25) is 4.99 Å². The number of ether oxygens (including phenoxy) is 1. The lowest BCUT2D eigenvalue weighted by Crippen LogP contribution is -2.22. The van der Waals surface area contributed by atoms with Crippen LogP contribution in [0.25, 0.3) is 0 Å². The van der Waals surface area contributed by atoms with Crippen LogP contribution in [0.15, 0.2) is 58.0 Å². The molecule has 0 radical (unpaired) electrons. The van der Waals surface area contributed by atoms with Crippen LogP contribution in [0.2, 0.25) is 0 Å². The maximum absolute atomic E-state index is 5.29. The van der Waals surface area contributed by atoms with Gasteiger partial charge in [0, 0.05) is 16.1 Å². The maximum Gasteiger partial charge on any atom is 0.120 e. The Bertz CT molecular complexity index is 696. The summed E-state index contributed by atoms with van der Waals surface area (Å²) in [5.74, 6) is 1.46. The molecule has 1 fully saturated rings. The van der Waals surface area contributed by atoms with Crippen LogP contribution >= 0.6 is 15.9 Å². The molecule has 0 aliphatic heterocycles. The molecular weight excluding hydrogens is 362 g/mol. The summed E-state index contributed by atoms with van der Waals surface area (Å²) in [5.41, 5.74) is 4.03. The smallest absolute Gasteiger partial charge is 0.120 e. The highest BCUT2D eigenvalue weighted by Gasteiger charge is 2.21. The van der Waals surface area contributed by atoms with Gasteiger partial charge in [0.2, 0.25) is 0 Å². The van der Waals surface area contributed by atoms with E-state index in [0.717, 1.165) is 29.6 Å². The number of halogens is 1. The lowest BCUT2D eigenvalue weighted by molar-refractivity contribution is 0.414. The first-order chi connectivity index (χ1) is 11.8. The van der Waals surface area contributed by atoms with Gasteiger partial charge in [0.1, 0.15) is 5.75 Å². The molecule has 126 valence electrons. The van der Waals surface area contributed by atoms with Gasteiger partial charge in [0.15, 0.2) is 0 Å². The number of hydrogen-bond donors (Lipinski definition) is 0. The molecule has 3 heteroatoms. The summed E-state index contributed by atoms with van der Waals surface area (Å²) in [6.07, 6.45) is 6.02. The van der Waals surface area contributed by atoms with Crippen LogP contribution in [-0.2, 0) is 13.0 Å². The van der Waals surface area contributed by atoms with Gasteiger partial charge in [0.05, 0.1) is 13.7 Å². The zero-order chi connectivity index (χ0) is 16.8. The van der Waals surface area contributed by atoms with Crippen LogP contribution in [0, 0.1) is 5.92 Å². The highest BCUT2D eigenvalue weighted by atomic mass is 79.9. The van der Waals surface area contributed by atoms with E-state index in [-0.39, 0.29) is 0 Å². The molecule has 1 aliphatic carbocycles. The Labute approximate surface area is 153 Å². The van der Waals surface area contributed by atoms with Crippen molar-refractivity contribution in [2.45, 2.75) is 38.6 Å². The maximum atomic E-state index is 5.29. The molecular formula is C21H24BrNO. The number of nitrogens with zero attached hydrogens (tertiary/aromatic N) is 1. The SMILES string of the molecule is COc1ccc(CC2CCCCC2=NCc2ccccc2)c(Br)c1. The van der Waals surface area contributed by atoms with Gasteiger partial charge in [-0.05, 0) is 48.9 Å². The monoisotopic (exact) mass is 385 g/mol. The van der Waals surface area contributed by atoms with Crippen LogP contribution in [0.4, 0.5) is 0 Å². The van der Waals surface area contributed by atoms with E-state index in [9.17, 15) is 0 Å². The second kappa shape index (κ2) is 8.48. The first kappa shape index (κ1) is 17.2. The molecule has 0 heterocycles. The minimum atomic E-state index is 0.562. The number of hydrogen-bond acceptors (Lipinski definition) is 2. The Morgan fingerprint density at radius 3 is 2.71 bits per heavy atom. The molecule has 1 atom stereocenters. The summed E-state index contributed by atoms with van der Waals surface area (Å²) in [6, 6.07) is 16.8. The fourth-order valence-corrected chi connectivity index (χ4v) is 3.88. The van der Waals surface area contributed by atoms with Gasteiger partial charge in [-0.15, -0.1) is 0 Å². The highest BCUT2D eigenvalue weighted by Crippen LogP contribution is 2.30. The number of rotatable bonds is 5. The van der Waals surface area contributed by atoms with E-state index in [1.807, 2.05) is 6.07 Å². The van der Waals surface area contributed by atoms with E-state index in [4.69, 9.17) is 9.73 Å². The Morgan fingerprint density at radius 2 is 1.96 bits per heavy atom. The Balaban J connectivity index is 1.72. The molecule has 24 heavy (non-hydrogen) atoms. The largest absolute Gasteiger partial charge is 0.497 e. The Morgan fingerprint density at radius 1 is 1.12 bits per heavy atom.